The van der Waals surface area contributed by atoms with Gasteiger partial charge >= 0.3 is 0 Å². The molecule has 2 aromatic carbocycles. The number of nitrogens with two attached hydrogens (primary N) is 1. The minimum Gasteiger partial charge on any atom is -0.507 e. The quantitative estimate of drug-likeness (QED) is 0.0949. The molecule has 1 unspecified atom stereocenters. The number of benzene rings is 2. The Morgan fingerprint density at radius 2 is 1.53 bits per heavy atom. The highest BCUT2D eigenvalue weighted by Gasteiger charge is 2.45. The molecule has 1 aromatic heterocycles. The van der Waals surface area contributed by atoms with E-state index in [4.69, 9.17) is 24.7 Å². The molecule has 308 valence electrons. The number of nitrogen functional groups attached to an aromatic ring is 1. The van der Waals surface area contributed by atoms with E-state index in [1.807, 2.05) is 12.1 Å². The van der Waals surface area contributed by atoms with Crippen LogP contribution in [0.4, 0.5) is 11.5 Å². The van der Waals surface area contributed by atoms with Crippen LogP contribution in [0.1, 0.15) is 52.0 Å². The van der Waals surface area contributed by atoms with Crippen LogP contribution in [0.2, 0.25) is 0 Å². The molecule has 17 heteroatoms. The van der Waals surface area contributed by atoms with Crippen molar-refractivity contribution in [3.63, 3.8) is 0 Å². The van der Waals surface area contributed by atoms with E-state index in [1.54, 1.807) is 30.3 Å². The number of ether oxygens (including phenoxy) is 4. The number of fused-ring (bicyclic) bond motifs is 1. The van der Waals surface area contributed by atoms with Crippen molar-refractivity contribution in [3.8, 4) is 17.0 Å². The van der Waals surface area contributed by atoms with Gasteiger partial charge in [0, 0.05) is 43.2 Å². The Hall–Kier alpha value is -5.75. The lowest BCUT2D eigenvalue weighted by atomic mass is 9.95. The number of hydrogen-bond acceptors (Lipinski definition) is 14. The van der Waals surface area contributed by atoms with Crippen molar-refractivity contribution >= 4 is 40.9 Å². The molecule has 2 saturated heterocycles. The number of rotatable bonds is 20. The summed E-state index contributed by atoms with van der Waals surface area (Å²) >= 11 is 0. The number of allylic oxidation sites excluding steroid dienone is 1. The minimum atomic E-state index is -0.926. The topological polar surface area (TPSA) is 225 Å². The summed E-state index contributed by atoms with van der Waals surface area (Å²) in [5, 5.41) is 24.0. The number of carbonyl (C=O) groups is 5. The lowest BCUT2D eigenvalue weighted by Crippen LogP contribution is -2.51. The molecule has 0 saturated carbocycles. The maximum atomic E-state index is 13.3. The smallest absolute Gasteiger partial charge is 0.262 e. The van der Waals surface area contributed by atoms with E-state index < -0.39 is 23.8 Å². The van der Waals surface area contributed by atoms with Crippen LogP contribution in [0.15, 0.2) is 60.8 Å². The van der Waals surface area contributed by atoms with Gasteiger partial charge in [0.15, 0.2) is 11.6 Å². The monoisotopic (exact) mass is 799 g/mol. The van der Waals surface area contributed by atoms with Crippen molar-refractivity contribution in [1.82, 2.24) is 25.7 Å². The molecular weight excluding hydrogens is 750 g/mol. The van der Waals surface area contributed by atoms with E-state index in [0.717, 1.165) is 10.6 Å². The molecule has 17 nitrogen and oxygen atoms in total. The van der Waals surface area contributed by atoms with Crippen LogP contribution < -0.4 is 21.3 Å². The van der Waals surface area contributed by atoms with E-state index in [9.17, 15) is 29.1 Å². The molecule has 5 N–H and O–H groups in total. The summed E-state index contributed by atoms with van der Waals surface area (Å²) in [6.07, 6.45) is 1.97. The fourth-order valence-electron chi connectivity index (χ4n) is 7.16. The molecule has 4 heterocycles. The average molecular weight is 800 g/mol. The van der Waals surface area contributed by atoms with Gasteiger partial charge in [-0.2, -0.15) is 0 Å². The summed E-state index contributed by atoms with van der Waals surface area (Å²) in [6, 6.07) is 12.6. The Kier molecular flexibility index (Phi) is 14.5. The summed E-state index contributed by atoms with van der Waals surface area (Å²) in [7, 11) is 0. The Morgan fingerprint density at radius 1 is 0.862 bits per heavy atom. The van der Waals surface area contributed by atoms with Gasteiger partial charge in [-0.15, -0.1) is 10.2 Å². The normalized spacial score (nSPS) is 17.1. The number of imide groups is 1. The highest BCUT2D eigenvalue weighted by atomic mass is 16.6. The van der Waals surface area contributed by atoms with Gasteiger partial charge in [0.05, 0.1) is 68.8 Å². The summed E-state index contributed by atoms with van der Waals surface area (Å²) < 4.78 is 22.1. The molecule has 0 spiro atoms. The van der Waals surface area contributed by atoms with Crippen molar-refractivity contribution in [1.29, 1.82) is 0 Å². The third kappa shape index (κ3) is 10.4. The number of para-hydroxylation sites is 1. The predicted molar refractivity (Wildman–Crippen MR) is 211 cm³/mol. The van der Waals surface area contributed by atoms with Crippen LogP contribution in [-0.2, 0) is 39.8 Å². The number of piperidine rings is 2. The minimum absolute atomic E-state index is 0.0132. The molecular formula is C41H49N7O10. The van der Waals surface area contributed by atoms with Crippen LogP contribution in [-0.4, -0.2) is 128 Å². The van der Waals surface area contributed by atoms with Crippen molar-refractivity contribution < 1.29 is 48.0 Å². The number of phenols is 1. The first-order chi connectivity index (χ1) is 28.1. The number of aromatic hydroxyl groups is 1. The molecule has 2 fully saturated rings. The highest BCUT2D eigenvalue weighted by Crippen LogP contribution is 2.34. The maximum Gasteiger partial charge on any atom is 0.262 e. The molecule has 58 heavy (non-hydrogen) atoms. The van der Waals surface area contributed by atoms with Crippen molar-refractivity contribution in [3.05, 3.63) is 77.5 Å². The van der Waals surface area contributed by atoms with Crippen molar-refractivity contribution in [2.45, 2.75) is 38.1 Å². The van der Waals surface area contributed by atoms with Gasteiger partial charge in [-0.25, -0.2) is 0 Å². The van der Waals surface area contributed by atoms with Gasteiger partial charge in [-0.1, -0.05) is 30.8 Å². The van der Waals surface area contributed by atoms with Gasteiger partial charge in [0.25, 0.3) is 11.8 Å². The van der Waals surface area contributed by atoms with Crippen LogP contribution >= 0.6 is 0 Å². The number of amides is 4. The van der Waals surface area contributed by atoms with Gasteiger partial charge in [0.2, 0.25) is 11.8 Å². The van der Waals surface area contributed by atoms with Crippen molar-refractivity contribution in [2.75, 3.05) is 83.1 Å². The zero-order valence-corrected chi connectivity index (χ0v) is 32.3. The van der Waals surface area contributed by atoms with E-state index in [-0.39, 0.29) is 60.7 Å². The second-order valence-corrected chi connectivity index (χ2v) is 14.1. The predicted octanol–water partition coefficient (Wildman–Crippen LogP) is 2.03. The van der Waals surface area contributed by atoms with Crippen LogP contribution in [0.25, 0.3) is 11.3 Å². The number of anilines is 2. The Morgan fingerprint density at radius 3 is 2.24 bits per heavy atom. The summed E-state index contributed by atoms with van der Waals surface area (Å²) in [5.74, 6) is -1.58. The molecule has 0 radical (unpaired) electrons. The van der Waals surface area contributed by atoms with Crippen LogP contribution in [0.5, 0.6) is 5.75 Å². The fraction of sp³-hybridized carbons (Fsp3) is 0.439. The second-order valence-electron chi connectivity index (χ2n) is 14.1. The second kappa shape index (κ2) is 20.1. The fourth-order valence-corrected chi connectivity index (χ4v) is 7.16. The van der Waals surface area contributed by atoms with Gasteiger partial charge in [-0.3, -0.25) is 28.9 Å². The molecule has 1 atom stereocenters. The van der Waals surface area contributed by atoms with Gasteiger partial charge < -0.3 is 45.3 Å². The number of nitrogens with one attached hydrogen (secondary N) is 2. The third-order valence-electron chi connectivity index (χ3n) is 10.2. The molecule has 6 rings (SSSR count). The van der Waals surface area contributed by atoms with Gasteiger partial charge in [0.1, 0.15) is 18.4 Å². The molecule has 0 aliphatic carbocycles. The molecule has 0 bridgehead atoms. The molecule has 3 aliphatic heterocycles. The number of Topliss-reactive ketones (excluding diaryl/α,β-unsaturated/α-hetero) is 1. The van der Waals surface area contributed by atoms with E-state index in [1.165, 1.54) is 6.07 Å². The molecule has 3 aliphatic rings. The average Bonchev–Trinajstić information content (AvgIpc) is 3.47. The first-order valence-corrected chi connectivity index (χ1v) is 19.4. The lowest BCUT2D eigenvalue weighted by Gasteiger charge is -2.33. The number of phenolic OH excluding ortho intramolecular Hbond substituents is 1. The zero-order valence-electron chi connectivity index (χ0n) is 32.3. The maximum absolute atomic E-state index is 13.3. The summed E-state index contributed by atoms with van der Waals surface area (Å²) in [5.41, 5.74) is 9.24. The lowest BCUT2D eigenvalue weighted by molar-refractivity contribution is -0.126. The number of ketones is 1. The summed E-state index contributed by atoms with van der Waals surface area (Å²) in [4.78, 5) is 67.4. The van der Waals surface area contributed by atoms with Gasteiger partial charge in [-0.05, 0) is 55.5 Å². The van der Waals surface area contributed by atoms with E-state index in [2.05, 4.69) is 32.3 Å². The molecule has 4 amide bonds. The number of hydrogen-bond donors (Lipinski definition) is 4. The first kappa shape index (κ1) is 41.9. The third-order valence-corrected chi connectivity index (χ3v) is 10.2. The standard InChI is InChI=1S/C41H49N7O10/c1-26-9-10-33(39(52)44-26)48-40(53)31-7-4-5-28(36(31)41(48)54)23-29(49)25-58-22-21-57-20-19-56-18-17-55-16-13-43-38(51)27-11-14-47(15-12-27)34-24-32(45-46-37(34)42)30-6-2-3-8-35(30)50/h2-8,24,27,33,50H,1,9-23,25H2,(H2,42,46)(H,43,51)(H,44,52). The largest absolute Gasteiger partial charge is 0.507 e. The number of aromatic nitrogens is 2. The Labute approximate surface area is 335 Å². The van der Waals surface area contributed by atoms with Crippen LogP contribution in [0.3, 0.4) is 0 Å². The van der Waals surface area contributed by atoms with E-state index in [0.29, 0.717) is 107 Å². The van der Waals surface area contributed by atoms with Crippen molar-refractivity contribution in [2.24, 2.45) is 5.92 Å². The number of carbonyl (C=O) groups excluding carboxylic acids is 5. The van der Waals surface area contributed by atoms with Crippen LogP contribution in [0, 0.1) is 5.92 Å². The zero-order chi connectivity index (χ0) is 41.0. The summed E-state index contributed by atoms with van der Waals surface area (Å²) in [6.45, 7) is 7.36. The molecule has 3 aromatic rings. The van der Waals surface area contributed by atoms with E-state index >= 15 is 0 Å². The SMILES string of the molecule is C=C1CCC(N2C(=O)c3cccc(CC(=O)COCCOCCOCCOCCNC(=O)C4CCN(c5cc(-c6ccccc6O)nnc5N)CC4)c3C2=O)C(=O)N1. The first-order valence-electron chi connectivity index (χ1n) is 19.4. The Bertz CT molecular complexity index is 2000. The number of nitrogens with zero attached hydrogens (tertiary/aromatic N) is 4. The highest BCUT2D eigenvalue weighted by molar-refractivity contribution is 6.23. The Balaban J connectivity index is 0.768.